The van der Waals surface area contributed by atoms with Gasteiger partial charge in [0.1, 0.15) is 10.7 Å². The van der Waals surface area contributed by atoms with E-state index in [0.717, 1.165) is 10.4 Å². The zero-order valence-corrected chi connectivity index (χ0v) is 14.7. The Morgan fingerprint density at radius 2 is 1.83 bits per heavy atom. The van der Waals surface area contributed by atoms with Crippen LogP contribution in [0.2, 0.25) is 5.02 Å². The molecule has 1 N–H and O–H groups in total. The second-order valence-electron chi connectivity index (χ2n) is 5.06. The summed E-state index contributed by atoms with van der Waals surface area (Å²) in [7, 11) is 3.08. The van der Waals surface area contributed by atoms with Gasteiger partial charge in [0.05, 0.1) is 24.6 Å². The number of benzene rings is 1. The van der Waals surface area contributed by atoms with E-state index < -0.39 is 0 Å². The summed E-state index contributed by atoms with van der Waals surface area (Å²) >= 11 is 7.81. The predicted octanol–water partition coefficient (Wildman–Crippen LogP) is 3.94. The normalized spacial score (nSPS) is 11.0. The van der Waals surface area contributed by atoms with E-state index in [1.807, 2.05) is 13.8 Å². The van der Waals surface area contributed by atoms with Crippen molar-refractivity contribution in [2.24, 2.45) is 0 Å². The highest BCUT2D eigenvalue weighted by Gasteiger charge is 2.16. The quantitative estimate of drug-likeness (QED) is 0.777. The molecule has 0 unspecified atom stereocenters. The number of aryl methyl sites for hydroxylation is 2. The zero-order valence-electron chi connectivity index (χ0n) is 13.1. The number of fused-ring (bicyclic) bond motifs is 1. The molecule has 3 aromatic rings. The van der Waals surface area contributed by atoms with Gasteiger partial charge in [0, 0.05) is 16.5 Å². The van der Waals surface area contributed by atoms with Gasteiger partial charge < -0.3 is 14.5 Å². The minimum Gasteiger partial charge on any atom is -0.493 e. The van der Waals surface area contributed by atoms with Crippen LogP contribution in [0.4, 0.5) is 0 Å². The van der Waals surface area contributed by atoms with Crippen molar-refractivity contribution in [3.05, 3.63) is 37.9 Å². The van der Waals surface area contributed by atoms with Gasteiger partial charge in [-0.1, -0.05) is 11.6 Å². The first-order chi connectivity index (χ1) is 11.0. The molecule has 0 amide bonds. The maximum absolute atomic E-state index is 12.4. The fraction of sp³-hybridized carbons (Fsp3) is 0.250. The third-order valence-electron chi connectivity index (χ3n) is 3.77. The molecule has 0 spiro atoms. The molecule has 0 radical (unpaired) electrons. The summed E-state index contributed by atoms with van der Waals surface area (Å²) in [6.45, 7) is 3.90. The third kappa shape index (κ3) is 2.58. The van der Waals surface area contributed by atoms with E-state index in [-0.39, 0.29) is 5.56 Å². The zero-order chi connectivity index (χ0) is 16.7. The van der Waals surface area contributed by atoms with Crippen LogP contribution in [0.1, 0.15) is 10.4 Å². The number of rotatable bonds is 3. The highest BCUT2D eigenvalue weighted by Crippen LogP contribution is 2.37. The smallest absolute Gasteiger partial charge is 0.260 e. The molecular weight excluding hydrogens is 336 g/mol. The first-order valence-electron chi connectivity index (χ1n) is 6.88. The van der Waals surface area contributed by atoms with Crippen LogP contribution in [-0.4, -0.2) is 24.2 Å². The number of methoxy groups -OCH3 is 2. The summed E-state index contributed by atoms with van der Waals surface area (Å²) in [5.41, 5.74) is 1.38. The lowest BCUT2D eigenvalue weighted by molar-refractivity contribution is 0.355. The van der Waals surface area contributed by atoms with Gasteiger partial charge in [0.15, 0.2) is 11.5 Å². The minimum atomic E-state index is -0.169. The number of halogens is 1. The van der Waals surface area contributed by atoms with Crippen molar-refractivity contribution in [3.8, 4) is 22.9 Å². The van der Waals surface area contributed by atoms with Crippen molar-refractivity contribution < 1.29 is 9.47 Å². The largest absolute Gasteiger partial charge is 0.493 e. The molecule has 7 heteroatoms. The summed E-state index contributed by atoms with van der Waals surface area (Å²) < 4.78 is 10.5. The van der Waals surface area contributed by atoms with Crippen molar-refractivity contribution >= 4 is 33.2 Å². The number of hydrogen-bond acceptors (Lipinski definition) is 5. The molecule has 5 nitrogen and oxygen atoms in total. The first kappa shape index (κ1) is 15.8. The lowest BCUT2D eigenvalue weighted by Crippen LogP contribution is -2.09. The number of thiophene rings is 1. The second-order valence-corrected chi connectivity index (χ2v) is 6.68. The van der Waals surface area contributed by atoms with Gasteiger partial charge in [-0.3, -0.25) is 4.79 Å². The lowest BCUT2D eigenvalue weighted by Gasteiger charge is -2.11. The van der Waals surface area contributed by atoms with Crippen molar-refractivity contribution in [1.29, 1.82) is 0 Å². The molecule has 2 aromatic heterocycles. The monoisotopic (exact) mass is 350 g/mol. The Morgan fingerprint density at radius 1 is 1.17 bits per heavy atom. The molecule has 0 fully saturated rings. The van der Waals surface area contributed by atoms with Crippen LogP contribution in [0.3, 0.4) is 0 Å². The van der Waals surface area contributed by atoms with E-state index in [9.17, 15) is 4.79 Å². The van der Waals surface area contributed by atoms with E-state index in [1.165, 1.54) is 18.4 Å². The van der Waals surface area contributed by atoms with Gasteiger partial charge in [-0.15, -0.1) is 11.3 Å². The average molecular weight is 351 g/mol. The van der Waals surface area contributed by atoms with Crippen LogP contribution in [0.25, 0.3) is 21.6 Å². The van der Waals surface area contributed by atoms with Gasteiger partial charge >= 0.3 is 0 Å². The molecule has 0 aliphatic rings. The topological polar surface area (TPSA) is 64.2 Å². The number of hydrogen-bond donors (Lipinski definition) is 1. The molecule has 0 atom stereocenters. The SMILES string of the molecule is COc1cc(Cl)c(-c2nc3sc(C)c(C)c3c(=O)[nH]2)cc1OC. The van der Waals surface area contributed by atoms with Crippen molar-refractivity contribution in [3.63, 3.8) is 0 Å². The van der Waals surface area contributed by atoms with Crippen molar-refractivity contribution in [2.75, 3.05) is 14.2 Å². The lowest BCUT2D eigenvalue weighted by atomic mass is 10.1. The van der Waals surface area contributed by atoms with Gasteiger partial charge in [-0.05, 0) is 25.5 Å². The summed E-state index contributed by atoms with van der Waals surface area (Å²) in [4.78, 5) is 21.6. The number of nitrogens with zero attached hydrogens (tertiary/aromatic N) is 1. The van der Waals surface area contributed by atoms with Crippen LogP contribution in [0.5, 0.6) is 11.5 Å². The van der Waals surface area contributed by atoms with E-state index in [0.29, 0.717) is 38.1 Å². The summed E-state index contributed by atoms with van der Waals surface area (Å²) in [6, 6.07) is 3.35. The maximum Gasteiger partial charge on any atom is 0.260 e. The second kappa shape index (κ2) is 5.86. The number of nitrogens with one attached hydrogen (secondary N) is 1. The molecule has 3 rings (SSSR count). The molecule has 2 heterocycles. The van der Waals surface area contributed by atoms with Crippen LogP contribution >= 0.6 is 22.9 Å². The van der Waals surface area contributed by atoms with E-state index in [4.69, 9.17) is 21.1 Å². The van der Waals surface area contributed by atoms with Crippen molar-refractivity contribution in [2.45, 2.75) is 13.8 Å². The van der Waals surface area contributed by atoms with E-state index >= 15 is 0 Å². The molecule has 0 aliphatic carbocycles. The minimum absolute atomic E-state index is 0.169. The Bertz CT molecular complexity index is 962. The molecule has 0 saturated carbocycles. The van der Waals surface area contributed by atoms with Crippen LogP contribution < -0.4 is 15.0 Å². The maximum atomic E-state index is 12.4. The Hall–Kier alpha value is -2.05. The number of ether oxygens (including phenoxy) is 2. The number of aromatic amines is 1. The standard InChI is InChI=1S/C16H15ClN2O3S/c1-7-8(2)23-16-13(7)15(20)18-14(19-16)9-5-11(21-3)12(22-4)6-10(9)17/h5-6H,1-4H3,(H,18,19,20). The fourth-order valence-corrected chi connectivity index (χ4v) is 3.69. The number of H-pyrrole nitrogens is 1. The average Bonchev–Trinajstić information content (AvgIpc) is 2.81. The molecule has 120 valence electrons. The van der Waals surface area contributed by atoms with Crippen LogP contribution in [-0.2, 0) is 0 Å². The Morgan fingerprint density at radius 3 is 2.48 bits per heavy atom. The Kier molecular flexibility index (Phi) is 4.04. The first-order valence-corrected chi connectivity index (χ1v) is 8.07. The fourth-order valence-electron chi connectivity index (χ4n) is 2.42. The molecular formula is C16H15ClN2O3S. The molecule has 0 aliphatic heterocycles. The van der Waals surface area contributed by atoms with Crippen LogP contribution in [0, 0.1) is 13.8 Å². The Balaban J connectivity index is 2.27. The number of aromatic nitrogens is 2. The molecule has 0 bridgehead atoms. The Labute approximate surface area is 141 Å². The van der Waals surface area contributed by atoms with Gasteiger partial charge in [-0.25, -0.2) is 4.98 Å². The molecule has 0 saturated heterocycles. The van der Waals surface area contributed by atoms with Crippen LogP contribution in [0.15, 0.2) is 16.9 Å². The molecule has 23 heavy (non-hydrogen) atoms. The summed E-state index contributed by atoms with van der Waals surface area (Å²) in [5, 5.41) is 1.06. The van der Waals surface area contributed by atoms with Gasteiger partial charge in [0.2, 0.25) is 0 Å². The highest BCUT2D eigenvalue weighted by molar-refractivity contribution is 7.18. The van der Waals surface area contributed by atoms with Gasteiger partial charge in [-0.2, -0.15) is 0 Å². The molecule has 1 aromatic carbocycles. The summed E-state index contributed by atoms with van der Waals surface area (Å²) in [6.07, 6.45) is 0. The summed E-state index contributed by atoms with van der Waals surface area (Å²) in [5.74, 6) is 1.45. The highest BCUT2D eigenvalue weighted by atomic mass is 35.5. The van der Waals surface area contributed by atoms with Gasteiger partial charge in [0.25, 0.3) is 5.56 Å². The van der Waals surface area contributed by atoms with E-state index in [1.54, 1.807) is 19.2 Å². The third-order valence-corrected chi connectivity index (χ3v) is 5.18. The van der Waals surface area contributed by atoms with E-state index in [2.05, 4.69) is 9.97 Å². The predicted molar refractivity (Wildman–Crippen MR) is 93.3 cm³/mol. The van der Waals surface area contributed by atoms with Crippen molar-refractivity contribution in [1.82, 2.24) is 9.97 Å².